The van der Waals surface area contributed by atoms with Crippen molar-refractivity contribution in [2.45, 2.75) is 53.9 Å². The molecule has 0 rings (SSSR count). The maximum Gasteiger partial charge on any atom is -0.0280 e. The molecule has 0 aromatic heterocycles. The average Bonchev–Trinajstić information content (AvgIpc) is 1.86. The summed E-state index contributed by atoms with van der Waals surface area (Å²) in [5, 5.41) is 0. The molecule has 67 valence electrons. The molecule has 11 heavy (non-hydrogen) atoms. The summed E-state index contributed by atoms with van der Waals surface area (Å²) in [5.41, 5.74) is 0.883. The predicted molar refractivity (Wildman–Crippen MR) is 52.4 cm³/mol. The molecule has 1 unspecified atom stereocenters. The molecular formula is C11H23. The van der Waals surface area contributed by atoms with Crippen molar-refractivity contribution in [3.8, 4) is 0 Å². The summed E-state index contributed by atoms with van der Waals surface area (Å²) in [6.45, 7) is 15.6. The maximum absolute atomic E-state index is 3.93. The lowest BCUT2D eigenvalue weighted by molar-refractivity contribution is 0.0921. The van der Waals surface area contributed by atoms with Crippen LogP contribution in [0.4, 0.5) is 0 Å². The zero-order valence-electron chi connectivity index (χ0n) is 8.83. The molecule has 0 aliphatic heterocycles. The van der Waals surface area contributed by atoms with Gasteiger partial charge in [-0.1, -0.05) is 54.4 Å². The lowest BCUT2D eigenvalue weighted by Gasteiger charge is -2.41. The summed E-state index contributed by atoms with van der Waals surface area (Å²) in [7, 11) is 0. The Kier molecular flexibility index (Phi) is 3.60. The minimum Gasteiger partial charge on any atom is -0.0648 e. The van der Waals surface area contributed by atoms with E-state index in [1.54, 1.807) is 0 Å². The Labute approximate surface area is 72.4 Å². The summed E-state index contributed by atoms with van der Waals surface area (Å²) in [6, 6.07) is 0. The Morgan fingerprint density at radius 3 is 1.64 bits per heavy atom. The van der Waals surface area contributed by atoms with Gasteiger partial charge in [-0.2, -0.15) is 0 Å². The Hall–Kier alpha value is 0. The van der Waals surface area contributed by atoms with Gasteiger partial charge in [-0.15, -0.1) is 0 Å². The van der Waals surface area contributed by atoms with Crippen LogP contribution in [-0.2, 0) is 0 Å². The number of hydrogen-bond acceptors (Lipinski definition) is 0. The van der Waals surface area contributed by atoms with E-state index in [4.69, 9.17) is 0 Å². The first kappa shape index (κ1) is 11.0. The number of hydrogen-bond donors (Lipinski definition) is 0. The molecule has 0 spiro atoms. The van der Waals surface area contributed by atoms with Gasteiger partial charge in [0.1, 0.15) is 0 Å². The van der Waals surface area contributed by atoms with E-state index in [2.05, 4.69) is 41.5 Å². The highest BCUT2D eigenvalue weighted by Crippen LogP contribution is 2.44. The Bertz CT molecular complexity index is 108. The first-order chi connectivity index (χ1) is 4.87. The van der Waals surface area contributed by atoms with Crippen molar-refractivity contribution in [2.24, 2.45) is 10.8 Å². The highest BCUT2D eigenvalue weighted by molar-refractivity contribution is 4.85. The van der Waals surface area contributed by atoms with Crippen LogP contribution in [0.3, 0.4) is 0 Å². The zero-order chi connectivity index (χ0) is 9.12. The van der Waals surface area contributed by atoms with Crippen LogP contribution in [0, 0.1) is 17.8 Å². The third-order valence-corrected chi connectivity index (χ3v) is 3.32. The van der Waals surface area contributed by atoms with Crippen LogP contribution in [0.25, 0.3) is 0 Å². The molecule has 0 aliphatic rings. The smallest absolute Gasteiger partial charge is 0.0280 e. The summed E-state index contributed by atoms with van der Waals surface area (Å²) in [5.74, 6) is 0. The monoisotopic (exact) mass is 155 g/mol. The van der Waals surface area contributed by atoms with Crippen LogP contribution in [0.15, 0.2) is 0 Å². The van der Waals surface area contributed by atoms with Gasteiger partial charge < -0.3 is 0 Å². The third kappa shape index (κ3) is 2.50. The van der Waals surface area contributed by atoms with Gasteiger partial charge >= 0.3 is 0 Å². The SMILES string of the molecule is [CH2]CCC(C)(CC)C(C)(C)C. The van der Waals surface area contributed by atoms with Gasteiger partial charge in [-0.25, -0.2) is 0 Å². The topological polar surface area (TPSA) is 0 Å². The molecule has 0 N–H and O–H groups in total. The van der Waals surface area contributed by atoms with Crippen LogP contribution in [0.5, 0.6) is 0 Å². The van der Waals surface area contributed by atoms with E-state index in [1.165, 1.54) is 12.8 Å². The summed E-state index contributed by atoms with van der Waals surface area (Å²) < 4.78 is 0. The largest absolute Gasteiger partial charge is 0.0648 e. The molecule has 0 saturated carbocycles. The van der Waals surface area contributed by atoms with Crippen molar-refractivity contribution in [1.82, 2.24) is 0 Å². The van der Waals surface area contributed by atoms with Crippen molar-refractivity contribution < 1.29 is 0 Å². The molecule has 0 aromatic rings. The van der Waals surface area contributed by atoms with E-state index in [9.17, 15) is 0 Å². The van der Waals surface area contributed by atoms with Gasteiger partial charge in [0.05, 0.1) is 0 Å². The molecule has 0 fully saturated rings. The van der Waals surface area contributed by atoms with Crippen LogP contribution in [0.2, 0.25) is 0 Å². The van der Waals surface area contributed by atoms with Gasteiger partial charge in [0.25, 0.3) is 0 Å². The van der Waals surface area contributed by atoms with E-state index < -0.39 is 0 Å². The average molecular weight is 155 g/mol. The zero-order valence-corrected chi connectivity index (χ0v) is 8.83. The third-order valence-electron chi connectivity index (χ3n) is 3.32. The van der Waals surface area contributed by atoms with Gasteiger partial charge in [0.2, 0.25) is 0 Å². The number of rotatable bonds is 3. The van der Waals surface area contributed by atoms with Crippen molar-refractivity contribution >= 4 is 0 Å². The summed E-state index contributed by atoms with van der Waals surface area (Å²) in [4.78, 5) is 0. The Morgan fingerprint density at radius 1 is 1.09 bits per heavy atom. The van der Waals surface area contributed by atoms with Crippen molar-refractivity contribution in [3.05, 3.63) is 6.92 Å². The lowest BCUT2D eigenvalue weighted by atomic mass is 9.64. The quantitative estimate of drug-likeness (QED) is 0.576. The molecule has 0 heterocycles. The first-order valence-corrected chi connectivity index (χ1v) is 4.66. The standard InChI is InChI=1S/C11H23/c1-7-9-11(6,8-2)10(3,4)5/h1,7-9H2,2-6H3. The maximum atomic E-state index is 3.93. The fourth-order valence-corrected chi connectivity index (χ4v) is 1.47. The molecule has 1 atom stereocenters. The predicted octanol–water partition coefficient (Wildman–Crippen LogP) is 4.06. The Morgan fingerprint density at radius 2 is 1.55 bits per heavy atom. The molecular weight excluding hydrogens is 132 g/mol. The lowest BCUT2D eigenvalue weighted by Crippen LogP contribution is -2.31. The van der Waals surface area contributed by atoms with Crippen molar-refractivity contribution in [3.63, 3.8) is 0 Å². The minimum absolute atomic E-state index is 0.416. The fourth-order valence-electron chi connectivity index (χ4n) is 1.47. The molecule has 0 saturated heterocycles. The van der Waals surface area contributed by atoms with Crippen molar-refractivity contribution in [1.29, 1.82) is 0 Å². The second-order valence-electron chi connectivity index (χ2n) is 4.77. The summed E-state index contributed by atoms with van der Waals surface area (Å²) in [6.07, 6.45) is 3.56. The molecule has 0 bridgehead atoms. The second-order valence-corrected chi connectivity index (χ2v) is 4.77. The molecule has 0 nitrogen and oxygen atoms in total. The van der Waals surface area contributed by atoms with Gasteiger partial charge in [0.15, 0.2) is 0 Å². The second kappa shape index (κ2) is 3.60. The van der Waals surface area contributed by atoms with Gasteiger partial charge in [-0.05, 0) is 17.3 Å². The van der Waals surface area contributed by atoms with Crippen molar-refractivity contribution in [2.75, 3.05) is 0 Å². The van der Waals surface area contributed by atoms with E-state index in [1.807, 2.05) is 0 Å². The van der Waals surface area contributed by atoms with E-state index >= 15 is 0 Å². The van der Waals surface area contributed by atoms with E-state index in [0.29, 0.717) is 10.8 Å². The van der Waals surface area contributed by atoms with Gasteiger partial charge in [-0.3, -0.25) is 0 Å². The molecule has 1 radical (unpaired) electrons. The fraction of sp³-hybridized carbons (Fsp3) is 0.909. The molecule has 0 amide bonds. The first-order valence-electron chi connectivity index (χ1n) is 4.66. The highest BCUT2D eigenvalue weighted by Gasteiger charge is 2.34. The molecule has 0 aliphatic carbocycles. The highest BCUT2D eigenvalue weighted by atomic mass is 14.4. The van der Waals surface area contributed by atoms with Crippen LogP contribution in [0.1, 0.15) is 53.9 Å². The molecule has 0 aromatic carbocycles. The van der Waals surface area contributed by atoms with Crippen LogP contribution in [-0.4, -0.2) is 0 Å². The summed E-state index contributed by atoms with van der Waals surface area (Å²) >= 11 is 0. The van der Waals surface area contributed by atoms with Crippen LogP contribution >= 0.6 is 0 Å². The normalized spacial score (nSPS) is 18.0. The van der Waals surface area contributed by atoms with E-state index in [0.717, 1.165) is 6.42 Å². The Balaban J connectivity index is 4.33. The van der Waals surface area contributed by atoms with E-state index in [-0.39, 0.29) is 0 Å². The van der Waals surface area contributed by atoms with Crippen LogP contribution < -0.4 is 0 Å². The molecule has 0 heteroatoms. The van der Waals surface area contributed by atoms with Gasteiger partial charge in [0, 0.05) is 0 Å². The minimum atomic E-state index is 0.416.